The maximum absolute atomic E-state index is 10.9. The second-order valence-electron chi connectivity index (χ2n) is 3.00. The number of carboxylic acids is 1. The van der Waals surface area contributed by atoms with Gasteiger partial charge in [0.25, 0.3) is 0 Å². The number of hydrogen-bond acceptors (Lipinski definition) is 3. The molecule has 0 unspecified atom stereocenters. The van der Waals surface area contributed by atoms with Crippen molar-refractivity contribution in [1.29, 1.82) is 0 Å². The topological polar surface area (TPSA) is 75.1 Å². The van der Waals surface area contributed by atoms with Crippen LogP contribution >= 0.6 is 11.3 Å². The van der Waals surface area contributed by atoms with E-state index in [9.17, 15) is 9.59 Å². The molecule has 0 atom stereocenters. The summed E-state index contributed by atoms with van der Waals surface area (Å²) in [6.45, 7) is 0.368. The SMILES string of the molecule is O=C(O)c1cccn1Cc1csc(=O)[nH]1. The third-order valence-electron chi connectivity index (χ3n) is 1.96. The highest BCUT2D eigenvalue weighted by Crippen LogP contribution is 2.06. The normalized spacial score (nSPS) is 10.4. The molecule has 2 rings (SSSR count). The first-order valence-corrected chi connectivity index (χ1v) is 5.10. The predicted octanol–water partition coefficient (Wildman–Crippen LogP) is 0.984. The van der Waals surface area contributed by atoms with Gasteiger partial charge in [-0.05, 0) is 12.1 Å². The average Bonchev–Trinajstić information content (AvgIpc) is 2.75. The van der Waals surface area contributed by atoms with Crippen LogP contribution in [0.1, 0.15) is 16.2 Å². The minimum atomic E-state index is -0.974. The number of aromatic amines is 1. The van der Waals surface area contributed by atoms with Gasteiger partial charge in [-0.15, -0.1) is 0 Å². The van der Waals surface area contributed by atoms with Gasteiger partial charge >= 0.3 is 10.8 Å². The number of thiazole rings is 1. The maximum atomic E-state index is 10.9. The number of nitrogens with zero attached hydrogens (tertiary/aromatic N) is 1. The monoisotopic (exact) mass is 224 g/mol. The van der Waals surface area contributed by atoms with Gasteiger partial charge < -0.3 is 14.7 Å². The standard InChI is InChI=1S/C9H8N2O3S/c12-8(13)7-2-1-3-11(7)4-6-5-15-9(14)10-6/h1-3,5H,4H2,(H,10,14)(H,12,13). The summed E-state index contributed by atoms with van der Waals surface area (Å²) >= 11 is 1.07. The maximum Gasteiger partial charge on any atom is 0.352 e. The highest BCUT2D eigenvalue weighted by molar-refractivity contribution is 7.07. The van der Waals surface area contributed by atoms with Crippen molar-refractivity contribution >= 4 is 17.3 Å². The molecule has 2 aromatic rings. The Morgan fingerprint density at radius 1 is 1.60 bits per heavy atom. The van der Waals surface area contributed by atoms with E-state index in [1.54, 1.807) is 22.2 Å². The summed E-state index contributed by atoms with van der Waals surface area (Å²) in [6.07, 6.45) is 1.67. The molecule has 78 valence electrons. The Morgan fingerprint density at radius 2 is 2.40 bits per heavy atom. The van der Waals surface area contributed by atoms with Crippen LogP contribution in [0.25, 0.3) is 0 Å². The summed E-state index contributed by atoms with van der Waals surface area (Å²) in [7, 11) is 0. The highest BCUT2D eigenvalue weighted by atomic mass is 32.1. The zero-order valence-electron chi connectivity index (χ0n) is 7.64. The molecule has 5 nitrogen and oxygen atoms in total. The Kier molecular flexibility index (Phi) is 2.42. The van der Waals surface area contributed by atoms with Crippen molar-refractivity contribution in [2.24, 2.45) is 0 Å². The van der Waals surface area contributed by atoms with E-state index in [0.29, 0.717) is 12.2 Å². The van der Waals surface area contributed by atoms with Crippen molar-refractivity contribution in [3.8, 4) is 0 Å². The highest BCUT2D eigenvalue weighted by Gasteiger charge is 2.09. The molecule has 0 aromatic carbocycles. The predicted molar refractivity (Wildman–Crippen MR) is 55.4 cm³/mol. The first-order valence-electron chi connectivity index (χ1n) is 4.22. The van der Waals surface area contributed by atoms with Crippen LogP contribution in [0.15, 0.2) is 28.5 Å². The molecule has 0 radical (unpaired) electrons. The zero-order valence-corrected chi connectivity index (χ0v) is 8.45. The second kappa shape index (κ2) is 3.74. The Balaban J connectivity index is 2.28. The molecule has 0 spiro atoms. The zero-order chi connectivity index (χ0) is 10.8. The van der Waals surface area contributed by atoms with Gasteiger partial charge in [0.1, 0.15) is 5.69 Å². The fourth-order valence-corrected chi connectivity index (χ4v) is 1.89. The van der Waals surface area contributed by atoms with E-state index < -0.39 is 5.97 Å². The molecule has 0 aliphatic heterocycles. The van der Waals surface area contributed by atoms with E-state index in [1.165, 1.54) is 6.07 Å². The minimum absolute atomic E-state index is 0.131. The third kappa shape index (κ3) is 1.99. The molecule has 0 saturated heterocycles. The van der Waals surface area contributed by atoms with Crippen LogP contribution in [0, 0.1) is 0 Å². The van der Waals surface area contributed by atoms with E-state index >= 15 is 0 Å². The van der Waals surface area contributed by atoms with Crippen LogP contribution in [-0.4, -0.2) is 20.6 Å². The van der Waals surface area contributed by atoms with Crippen LogP contribution in [-0.2, 0) is 6.54 Å². The Hall–Kier alpha value is -1.82. The van der Waals surface area contributed by atoms with Crippen molar-refractivity contribution in [3.05, 3.63) is 44.8 Å². The molecule has 0 saturated carbocycles. The number of H-pyrrole nitrogens is 1. The lowest BCUT2D eigenvalue weighted by Gasteiger charge is -2.03. The molecule has 15 heavy (non-hydrogen) atoms. The van der Waals surface area contributed by atoms with Crippen LogP contribution in [0.4, 0.5) is 0 Å². The van der Waals surface area contributed by atoms with E-state index in [4.69, 9.17) is 5.11 Å². The van der Waals surface area contributed by atoms with Crippen molar-refractivity contribution in [2.45, 2.75) is 6.54 Å². The van der Waals surface area contributed by atoms with Gasteiger partial charge in [-0.2, -0.15) is 0 Å². The van der Waals surface area contributed by atoms with Crippen molar-refractivity contribution in [1.82, 2.24) is 9.55 Å². The lowest BCUT2D eigenvalue weighted by Crippen LogP contribution is -2.09. The fourth-order valence-electron chi connectivity index (χ4n) is 1.32. The Morgan fingerprint density at radius 3 is 3.00 bits per heavy atom. The molecule has 0 aliphatic rings. The smallest absolute Gasteiger partial charge is 0.352 e. The van der Waals surface area contributed by atoms with E-state index in [0.717, 1.165) is 11.3 Å². The number of hydrogen-bond donors (Lipinski definition) is 2. The van der Waals surface area contributed by atoms with Gasteiger partial charge in [0.15, 0.2) is 0 Å². The van der Waals surface area contributed by atoms with E-state index in [1.807, 2.05) is 0 Å². The number of carboxylic acid groups (broad SMARTS) is 1. The van der Waals surface area contributed by atoms with E-state index in [2.05, 4.69) is 4.98 Å². The average molecular weight is 224 g/mol. The largest absolute Gasteiger partial charge is 0.477 e. The van der Waals surface area contributed by atoms with Crippen LogP contribution in [0.5, 0.6) is 0 Å². The summed E-state index contributed by atoms with van der Waals surface area (Å²) in [6, 6.07) is 3.18. The van der Waals surface area contributed by atoms with Gasteiger partial charge in [-0.1, -0.05) is 11.3 Å². The number of aromatic carboxylic acids is 1. The van der Waals surface area contributed by atoms with E-state index in [-0.39, 0.29) is 10.6 Å². The summed E-state index contributed by atoms with van der Waals surface area (Å²) in [4.78, 5) is 24.2. The van der Waals surface area contributed by atoms with Crippen molar-refractivity contribution in [3.63, 3.8) is 0 Å². The minimum Gasteiger partial charge on any atom is -0.477 e. The molecule has 2 heterocycles. The summed E-state index contributed by atoms with van der Waals surface area (Å²) in [5.41, 5.74) is 0.922. The Labute approximate surface area is 88.6 Å². The molecular formula is C9H8N2O3S. The second-order valence-corrected chi connectivity index (χ2v) is 3.84. The molecule has 6 heteroatoms. The number of carbonyl (C=O) groups is 1. The van der Waals surface area contributed by atoms with Crippen LogP contribution in [0.2, 0.25) is 0 Å². The molecule has 0 bridgehead atoms. The summed E-state index contributed by atoms with van der Waals surface area (Å²) in [5, 5.41) is 10.5. The van der Waals surface area contributed by atoms with Crippen molar-refractivity contribution in [2.75, 3.05) is 0 Å². The van der Waals surface area contributed by atoms with Gasteiger partial charge in [-0.3, -0.25) is 4.79 Å². The first-order chi connectivity index (χ1) is 7.16. The lowest BCUT2D eigenvalue weighted by molar-refractivity contribution is 0.0685. The first kappa shape index (κ1) is 9.72. The number of aromatic nitrogens is 2. The Bertz CT molecular complexity index is 537. The van der Waals surface area contributed by atoms with Gasteiger partial charge in [0.2, 0.25) is 0 Å². The molecule has 2 aromatic heterocycles. The summed E-state index contributed by atoms with van der Waals surface area (Å²) in [5.74, 6) is -0.974. The fraction of sp³-hybridized carbons (Fsp3) is 0.111. The van der Waals surface area contributed by atoms with Gasteiger partial charge in [0.05, 0.1) is 6.54 Å². The molecule has 0 aliphatic carbocycles. The van der Waals surface area contributed by atoms with Crippen LogP contribution < -0.4 is 4.87 Å². The molecule has 0 fully saturated rings. The molecule has 2 N–H and O–H groups in total. The molecular weight excluding hydrogens is 216 g/mol. The van der Waals surface area contributed by atoms with Gasteiger partial charge in [0, 0.05) is 17.3 Å². The third-order valence-corrected chi connectivity index (χ3v) is 2.68. The number of rotatable bonds is 3. The lowest BCUT2D eigenvalue weighted by atomic mass is 10.4. The molecule has 0 amide bonds. The number of nitrogens with one attached hydrogen (secondary N) is 1. The van der Waals surface area contributed by atoms with Crippen molar-refractivity contribution < 1.29 is 9.90 Å². The summed E-state index contributed by atoms with van der Waals surface area (Å²) < 4.78 is 1.57. The van der Waals surface area contributed by atoms with Crippen LogP contribution in [0.3, 0.4) is 0 Å². The van der Waals surface area contributed by atoms with Gasteiger partial charge in [-0.25, -0.2) is 4.79 Å². The quantitative estimate of drug-likeness (QED) is 0.816.